The molecule has 11 rings (SSSR count). The van der Waals surface area contributed by atoms with Gasteiger partial charge in [-0.3, -0.25) is 0 Å². The Morgan fingerprint density at radius 2 is 1.11 bits per heavy atom. The Hall–Kier alpha value is -1.46. The van der Waals surface area contributed by atoms with E-state index in [4.69, 9.17) is 28.4 Å². The number of hydrogen-bond acceptors (Lipinski definition) is 6. The summed E-state index contributed by atoms with van der Waals surface area (Å²) in [4.78, 5) is 0. The van der Waals surface area contributed by atoms with E-state index in [2.05, 4.69) is 127 Å². The number of benzene rings is 2. The molecule has 2 aromatic rings. The third-order valence-electron chi connectivity index (χ3n) is 13.4. The molecule has 2 aromatic carbocycles. The summed E-state index contributed by atoms with van der Waals surface area (Å²) in [5.41, 5.74) is 3.22. The largest absolute Gasteiger partial charge is 0.345 e. The van der Waals surface area contributed by atoms with E-state index >= 15 is 0 Å². The van der Waals surface area contributed by atoms with Crippen molar-refractivity contribution in [3.05, 3.63) is 89.0 Å². The molecule has 8 fully saturated rings. The van der Waals surface area contributed by atoms with Gasteiger partial charge in [-0.05, 0) is 81.7 Å². The third-order valence-corrected chi connectivity index (χ3v) is 14.7. The fraction of sp³-hybridized carbons (Fsp3) is 0.590. The van der Waals surface area contributed by atoms with Crippen LogP contribution in [0.2, 0.25) is 0 Å². The maximum absolute atomic E-state index is 7.23. The van der Waals surface area contributed by atoms with Gasteiger partial charge in [-0.1, -0.05) is 66.7 Å². The van der Waals surface area contributed by atoms with Crippen molar-refractivity contribution >= 4 is 24.1 Å². The van der Waals surface area contributed by atoms with Gasteiger partial charge >= 0.3 is 0 Å². The summed E-state index contributed by atoms with van der Waals surface area (Å²) in [5.74, 6) is -1.44. The Bertz CT molecular complexity index is 1660. The van der Waals surface area contributed by atoms with E-state index in [0.29, 0.717) is 25.7 Å². The van der Waals surface area contributed by atoms with Crippen molar-refractivity contribution in [2.24, 2.45) is 10.8 Å². The molecule has 8 heterocycles. The van der Waals surface area contributed by atoms with Crippen LogP contribution in [0.4, 0.5) is 0 Å². The molecule has 0 spiro atoms. The van der Waals surface area contributed by atoms with Crippen LogP contribution in [-0.2, 0) is 28.4 Å². The quantitative estimate of drug-likeness (QED) is 0.292. The lowest BCUT2D eigenvalue weighted by Crippen LogP contribution is -2.81. The molecule has 6 nitrogen and oxygen atoms in total. The molecule has 0 radical (unpaired) electrons. The average Bonchev–Trinajstić information content (AvgIpc) is 3.36. The monoisotopic (exact) mass is 674 g/mol. The summed E-state index contributed by atoms with van der Waals surface area (Å²) in [6.07, 6.45) is 6.07. The van der Waals surface area contributed by atoms with Crippen molar-refractivity contribution < 1.29 is 28.4 Å². The van der Waals surface area contributed by atoms with Gasteiger partial charge < -0.3 is 28.4 Å². The Morgan fingerprint density at radius 3 is 1.57 bits per heavy atom. The minimum Gasteiger partial charge on any atom is -0.345 e. The molecule has 8 heteroatoms. The van der Waals surface area contributed by atoms with Crippen LogP contribution in [0.5, 0.6) is 0 Å². The molecule has 13 atom stereocenters. The summed E-state index contributed by atoms with van der Waals surface area (Å²) in [6, 6.07) is 22.0. The predicted molar refractivity (Wildman–Crippen MR) is 188 cm³/mol. The lowest BCUT2D eigenvalue weighted by atomic mass is 9.46. The van der Waals surface area contributed by atoms with E-state index < -0.39 is 44.8 Å². The Morgan fingerprint density at radius 1 is 0.617 bits per heavy atom. The molecule has 8 saturated heterocycles. The number of ether oxygens (including phenoxy) is 6. The summed E-state index contributed by atoms with van der Waals surface area (Å²) < 4.78 is 41.4. The Balaban J connectivity index is 1.41. The maximum Gasteiger partial charge on any atom is 0.172 e. The van der Waals surface area contributed by atoms with E-state index in [0.717, 1.165) is 12.3 Å². The van der Waals surface area contributed by atoms with E-state index in [9.17, 15) is 0 Å². The maximum atomic E-state index is 7.23. The topological polar surface area (TPSA) is 55.4 Å². The minimum atomic E-state index is -0.706. The molecule has 13 unspecified atom stereocenters. The van der Waals surface area contributed by atoms with E-state index in [1.54, 1.807) is 0 Å². The van der Waals surface area contributed by atoms with Gasteiger partial charge in [0.2, 0.25) is 0 Å². The van der Waals surface area contributed by atoms with Crippen molar-refractivity contribution in [1.82, 2.24) is 0 Å². The van der Waals surface area contributed by atoms with Gasteiger partial charge in [0.15, 0.2) is 24.2 Å². The summed E-state index contributed by atoms with van der Waals surface area (Å²) in [6.45, 7) is 13.5. The Labute approximate surface area is 283 Å². The van der Waals surface area contributed by atoms with Gasteiger partial charge in [0.05, 0.1) is 33.2 Å². The zero-order valence-corrected chi connectivity index (χ0v) is 30.7. The zero-order valence-electron chi connectivity index (χ0n) is 28.4. The van der Waals surface area contributed by atoms with Crippen molar-refractivity contribution in [3.8, 4) is 0 Å². The van der Waals surface area contributed by atoms with Crippen LogP contribution in [0.25, 0.3) is 5.57 Å². The van der Waals surface area contributed by atoms with Gasteiger partial charge in [0.1, 0.15) is 0 Å². The predicted octanol–water partition coefficient (Wildman–Crippen LogP) is 7.75. The van der Waals surface area contributed by atoms with Crippen molar-refractivity contribution in [3.63, 3.8) is 0 Å². The highest BCUT2D eigenvalue weighted by Crippen LogP contribution is 2.75. The van der Waals surface area contributed by atoms with Crippen LogP contribution >= 0.6 is 18.5 Å². The molecular formula is C39H48O6P2. The molecule has 0 amide bonds. The van der Waals surface area contributed by atoms with Crippen LogP contribution in [0.1, 0.15) is 84.3 Å². The van der Waals surface area contributed by atoms with Crippen LogP contribution in [0, 0.1) is 10.8 Å². The highest BCUT2D eigenvalue weighted by atomic mass is 31.0. The fourth-order valence-electron chi connectivity index (χ4n) is 12.2. The lowest BCUT2D eigenvalue weighted by Gasteiger charge is -2.74. The highest BCUT2D eigenvalue weighted by molar-refractivity contribution is 7.16. The molecule has 1 aliphatic carbocycles. The molecule has 250 valence electrons. The number of allylic oxidation sites excluding steroid dienone is 2. The van der Waals surface area contributed by atoms with Crippen LogP contribution in [0.3, 0.4) is 0 Å². The van der Waals surface area contributed by atoms with Crippen molar-refractivity contribution in [1.29, 1.82) is 0 Å². The summed E-state index contributed by atoms with van der Waals surface area (Å²) >= 11 is 0. The Kier molecular flexibility index (Phi) is 6.47. The lowest BCUT2D eigenvalue weighted by molar-refractivity contribution is -0.509. The summed E-state index contributed by atoms with van der Waals surface area (Å²) in [5, 5.41) is 0. The molecule has 9 aliphatic rings. The van der Waals surface area contributed by atoms with Gasteiger partial charge in [-0.15, -0.1) is 18.5 Å². The number of rotatable bonds is 6. The normalized spacial score (nSPS) is 50.8. The third kappa shape index (κ3) is 3.75. The molecule has 0 saturated carbocycles. The first kappa shape index (κ1) is 31.5. The first-order chi connectivity index (χ1) is 22.2. The van der Waals surface area contributed by atoms with Crippen LogP contribution in [-0.4, -0.2) is 58.9 Å². The molecule has 0 aromatic heterocycles. The van der Waals surface area contributed by atoms with Gasteiger partial charge in [0.25, 0.3) is 0 Å². The first-order valence-electron chi connectivity index (χ1n) is 17.3. The molecule has 47 heavy (non-hydrogen) atoms. The fourth-order valence-corrected chi connectivity index (χ4v) is 14.4. The van der Waals surface area contributed by atoms with Crippen LogP contribution in [0.15, 0.2) is 77.9 Å². The molecular weight excluding hydrogens is 626 g/mol. The van der Waals surface area contributed by atoms with Gasteiger partial charge in [-0.25, -0.2) is 0 Å². The van der Waals surface area contributed by atoms with Crippen molar-refractivity contribution in [2.75, 3.05) is 12.3 Å². The van der Waals surface area contributed by atoms with Gasteiger partial charge in [0, 0.05) is 31.6 Å². The second-order valence-electron chi connectivity index (χ2n) is 16.3. The second kappa shape index (κ2) is 9.65. The molecule has 8 aliphatic heterocycles. The van der Waals surface area contributed by atoms with Crippen molar-refractivity contribution in [2.45, 2.75) is 120 Å². The molecule has 0 N–H and O–H groups in total. The minimum absolute atomic E-state index is 0.0362. The standard InChI is InChI=1S/C39H48O6P2/c1-32-18-28-40-34(3,20-36(5,42-28)44-32)38(32,22-46)27-17-26(24-13-9-7-10-14-24)30(25-15-11-8-12-16-25)31(27)39(23-47)33(2)19-29-41-35(39,4)21-37(6,43-29)45-33/h7-17,28-30H,18-23,46-47H2,1-6H3. The molecule has 8 bridgehead atoms. The van der Waals surface area contributed by atoms with E-state index in [1.165, 1.54) is 27.8 Å². The number of hydrogen-bond donors (Lipinski definition) is 0. The highest BCUT2D eigenvalue weighted by Gasteiger charge is 2.80. The smallest absolute Gasteiger partial charge is 0.172 e. The van der Waals surface area contributed by atoms with E-state index in [-0.39, 0.29) is 18.5 Å². The SMILES string of the molecule is CC12CC3(C)OC(CC(C)(O1)C3(CP)C1=C(C3(CP)C4(C)CC5(C)OC(CC3(C)O5)O4)C(c3ccccc3)C(c3ccccc3)=C1)O2. The zero-order chi connectivity index (χ0) is 32.9. The summed E-state index contributed by atoms with van der Waals surface area (Å²) in [7, 11) is 6.31. The first-order valence-corrected chi connectivity index (χ1v) is 18.9. The second-order valence-corrected chi connectivity index (χ2v) is 17.2. The van der Waals surface area contributed by atoms with Gasteiger partial charge in [-0.2, -0.15) is 0 Å². The average molecular weight is 675 g/mol. The van der Waals surface area contributed by atoms with Crippen LogP contribution < -0.4 is 0 Å². The van der Waals surface area contributed by atoms with E-state index in [1.807, 2.05) is 0 Å².